The maximum absolute atomic E-state index is 8.90. The Morgan fingerprint density at radius 3 is 2.38 bits per heavy atom. The van der Waals surface area contributed by atoms with Crippen LogP contribution in [0.1, 0.15) is 0 Å². The Hall–Kier alpha value is -1.46. The third-order valence-corrected chi connectivity index (χ3v) is 1.87. The van der Waals surface area contributed by atoms with Crippen LogP contribution in [0.15, 0.2) is 30.6 Å². The van der Waals surface area contributed by atoms with Crippen LogP contribution in [-0.4, -0.2) is 27.4 Å². The van der Waals surface area contributed by atoms with E-state index in [0.717, 1.165) is 10.8 Å². The zero-order chi connectivity index (χ0) is 9.26. The van der Waals surface area contributed by atoms with Gasteiger partial charge in [-0.1, -0.05) is 18.2 Å². The summed E-state index contributed by atoms with van der Waals surface area (Å²) in [5.74, 6) is 0. The highest BCUT2D eigenvalue weighted by atomic mass is 16.4. The molecular weight excluding hydrogens is 167 g/mol. The fraction of sp³-hybridized carbons (Fsp3) is 0. The molecule has 0 unspecified atom stereocenters. The minimum absolute atomic E-state index is 0.459. The van der Waals surface area contributed by atoms with Crippen molar-refractivity contribution in [3.8, 4) is 0 Å². The first kappa shape index (κ1) is 8.16. The summed E-state index contributed by atoms with van der Waals surface area (Å²) in [5, 5.41) is 27.0. The molecule has 13 heavy (non-hydrogen) atoms. The topological polar surface area (TPSA) is 66.2 Å². The van der Waals surface area contributed by atoms with Gasteiger partial charge in [0.05, 0.1) is 12.4 Å². The third-order valence-electron chi connectivity index (χ3n) is 1.87. The van der Waals surface area contributed by atoms with Gasteiger partial charge in [0.15, 0.2) is 0 Å². The molecule has 0 aliphatic carbocycles. The maximum Gasteiger partial charge on any atom is 0.488 e. The highest BCUT2D eigenvalue weighted by Crippen LogP contribution is 2.07. The first-order chi connectivity index (χ1) is 6.27. The van der Waals surface area contributed by atoms with Crippen LogP contribution in [0.2, 0.25) is 0 Å². The van der Waals surface area contributed by atoms with Crippen LogP contribution >= 0.6 is 0 Å². The van der Waals surface area contributed by atoms with Crippen molar-refractivity contribution in [3.05, 3.63) is 30.6 Å². The van der Waals surface area contributed by atoms with Crippen LogP contribution in [0.4, 0.5) is 0 Å². The van der Waals surface area contributed by atoms with Gasteiger partial charge in [-0.25, -0.2) is 0 Å². The molecule has 64 valence electrons. The van der Waals surface area contributed by atoms with E-state index in [2.05, 4.69) is 10.2 Å². The van der Waals surface area contributed by atoms with Gasteiger partial charge < -0.3 is 10.0 Å². The van der Waals surface area contributed by atoms with E-state index < -0.39 is 7.12 Å². The summed E-state index contributed by atoms with van der Waals surface area (Å²) in [6.45, 7) is 0. The number of benzene rings is 1. The third kappa shape index (κ3) is 1.51. The summed E-state index contributed by atoms with van der Waals surface area (Å²) in [6.07, 6.45) is 3.21. The number of hydrogen-bond donors (Lipinski definition) is 2. The molecule has 2 rings (SSSR count). The zero-order valence-corrected chi connectivity index (χ0v) is 6.75. The van der Waals surface area contributed by atoms with E-state index >= 15 is 0 Å². The molecule has 0 saturated heterocycles. The normalized spacial score (nSPS) is 10.3. The molecule has 0 amide bonds. The second-order valence-electron chi connectivity index (χ2n) is 2.75. The Balaban J connectivity index is 2.62. The van der Waals surface area contributed by atoms with E-state index in [1.54, 1.807) is 30.6 Å². The molecule has 0 radical (unpaired) electrons. The van der Waals surface area contributed by atoms with Crippen LogP contribution < -0.4 is 5.46 Å². The van der Waals surface area contributed by atoms with E-state index in [9.17, 15) is 0 Å². The lowest BCUT2D eigenvalue weighted by Gasteiger charge is -2.00. The number of aromatic nitrogens is 2. The summed E-state index contributed by atoms with van der Waals surface area (Å²) < 4.78 is 0. The summed E-state index contributed by atoms with van der Waals surface area (Å²) in [5.41, 5.74) is 0.459. The highest BCUT2D eigenvalue weighted by molar-refractivity contribution is 6.58. The molecule has 0 bridgehead atoms. The Labute approximate surface area is 75.0 Å². The van der Waals surface area contributed by atoms with Gasteiger partial charge in [0.2, 0.25) is 0 Å². The minimum Gasteiger partial charge on any atom is -0.423 e. The Morgan fingerprint density at radius 2 is 1.69 bits per heavy atom. The Morgan fingerprint density at radius 1 is 1.00 bits per heavy atom. The standard InChI is InChI=1S/C8H7BN2O2/c12-9(13)8-2-1-6-4-10-11-5-7(6)3-8/h1-5,12-13H. The van der Waals surface area contributed by atoms with Crippen molar-refractivity contribution in [2.45, 2.75) is 0 Å². The average molecular weight is 174 g/mol. The summed E-state index contributed by atoms with van der Waals surface area (Å²) >= 11 is 0. The Bertz CT molecular complexity index is 433. The van der Waals surface area contributed by atoms with Gasteiger partial charge in [0, 0.05) is 10.8 Å². The molecular formula is C8H7BN2O2. The van der Waals surface area contributed by atoms with Crippen LogP contribution in [0.25, 0.3) is 10.8 Å². The molecule has 4 nitrogen and oxygen atoms in total. The van der Waals surface area contributed by atoms with Crippen LogP contribution in [0.3, 0.4) is 0 Å². The molecule has 0 fully saturated rings. The predicted molar refractivity (Wildman–Crippen MR) is 49.4 cm³/mol. The van der Waals surface area contributed by atoms with Crippen LogP contribution in [-0.2, 0) is 0 Å². The summed E-state index contributed by atoms with van der Waals surface area (Å²) in [7, 11) is -1.43. The second-order valence-corrected chi connectivity index (χ2v) is 2.75. The van der Waals surface area contributed by atoms with Crippen molar-refractivity contribution in [2.24, 2.45) is 0 Å². The number of fused-ring (bicyclic) bond motifs is 1. The minimum atomic E-state index is -1.43. The van der Waals surface area contributed by atoms with E-state index in [4.69, 9.17) is 10.0 Å². The first-order valence-electron chi connectivity index (χ1n) is 3.84. The molecule has 0 saturated carbocycles. The van der Waals surface area contributed by atoms with Gasteiger partial charge in [0.1, 0.15) is 0 Å². The fourth-order valence-corrected chi connectivity index (χ4v) is 1.17. The van der Waals surface area contributed by atoms with Gasteiger partial charge in [-0.05, 0) is 5.46 Å². The Kier molecular flexibility index (Phi) is 1.96. The molecule has 1 heterocycles. The molecule has 0 aliphatic rings. The molecule has 0 aliphatic heterocycles. The summed E-state index contributed by atoms with van der Waals surface area (Å²) in [6, 6.07) is 5.10. The lowest BCUT2D eigenvalue weighted by molar-refractivity contribution is 0.426. The van der Waals surface area contributed by atoms with Crippen molar-refractivity contribution >= 4 is 23.4 Å². The zero-order valence-electron chi connectivity index (χ0n) is 6.75. The lowest BCUT2D eigenvalue weighted by atomic mass is 9.80. The molecule has 0 spiro atoms. The largest absolute Gasteiger partial charge is 0.488 e. The van der Waals surface area contributed by atoms with Gasteiger partial charge in [-0.3, -0.25) is 0 Å². The summed E-state index contributed by atoms with van der Waals surface area (Å²) in [4.78, 5) is 0. The molecule has 0 atom stereocenters. The van der Waals surface area contributed by atoms with E-state index in [1.807, 2.05) is 0 Å². The van der Waals surface area contributed by atoms with E-state index in [-0.39, 0.29) is 0 Å². The maximum atomic E-state index is 8.90. The SMILES string of the molecule is OB(O)c1ccc2cnncc2c1. The fourth-order valence-electron chi connectivity index (χ4n) is 1.17. The van der Waals surface area contributed by atoms with Crippen LogP contribution in [0, 0.1) is 0 Å². The molecule has 2 N–H and O–H groups in total. The van der Waals surface area contributed by atoms with E-state index in [1.165, 1.54) is 0 Å². The smallest absolute Gasteiger partial charge is 0.423 e. The van der Waals surface area contributed by atoms with E-state index in [0.29, 0.717) is 5.46 Å². The van der Waals surface area contributed by atoms with Crippen molar-refractivity contribution in [1.29, 1.82) is 0 Å². The second kappa shape index (κ2) is 3.12. The predicted octanol–water partition coefficient (Wildman–Crippen LogP) is -0.690. The van der Waals surface area contributed by atoms with Gasteiger partial charge in [-0.2, -0.15) is 10.2 Å². The van der Waals surface area contributed by atoms with Crippen LogP contribution in [0.5, 0.6) is 0 Å². The lowest BCUT2D eigenvalue weighted by Crippen LogP contribution is -2.29. The molecule has 1 aromatic carbocycles. The first-order valence-corrected chi connectivity index (χ1v) is 3.84. The van der Waals surface area contributed by atoms with Gasteiger partial charge in [-0.15, -0.1) is 0 Å². The van der Waals surface area contributed by atoms with Crippen molar-refractivity contribution < 1.29 is 10.0 Å². The van der Waals surface area contributed by atoms with Crippen molar-refractivity contribution in [2.75, 3.05) is 0 Å². The van der Waals surface area contributed by atoms with Gasteiger partial charge in [0.25, 0.3) is 0 Å². The number of rotatable bonds is 1. The number of nitrogens with zero attached hydrogens (tertiary/aromatic N) is 2. The molecule has 1 aromatic heterocycles. The molecule has 2 aromatic rings. The average Bonchev–Trinajstić information content (AvgIpc) is 2.17. The monoisotopic (exact) mass is 174 g/mol. The number of hydrogen-bond acceptors (Lipinski definition) is 4. The highest BCUT2D eigenvalue weighted by Gasteiger charge is 2.10. The van der Waals surface area contributed by atoms with Gasteiger partial charge >= 0.3 is 7.12 Å². The van der Waals surface area contributed by atoms with Crippen molar-refractivity contribution in [1.82, 2.24) is 10.2 Å². The quantitative estimate of drug-likeness (QED) is 0.561. The molecule has 5 heteroatoms. The van der Waals surface area contributed by atoms with Crippen molar-refractivity contribution in [3.63, 3.8) is 0 Å².